The van der Waals surface area contributed by atoms with E-state index in [9.17, 15) is 5.11 Å². The summed E-state index contributed by atoms with van der Waals surface area (Å²) in [5, 5.41) is 10.1. The SMILES string of the molecule is COc1cccc(C(O)C2=CCCCO2)c1. The molecule has 0 spiro atoms. The molecule has 0 saturated carbocycles. The van der Waals surface area contributed by atoms with Crippen molar-refractivity contribution >= 4 is 0 Å². The van der Waals surface area contributed by atoms with Crippen molar-refractivity contribution in [3.05, 3.63) is 41.7 Å². The Morgan fingerprint density at radius 2 is 2.31 bits per heavy atom. The van der Waals surface area contributed by atoms with Crippen LogP contribution in [0.25, 0.3) is 0 Å². The van der Waals surface area contributed by atoms with Crippen LogP contribution in [0.15, 0.2) is 36.1 Å². The maximum Gasteiger partial charge on any atom is 0.136 e. The Balaban J connectivity index is 2.19. The van der Waals surface area contributed by atoms with E-state index in [0.717, 1.165) is 24.2 Å². The van der Waals surface area contributed by atoms with E-state index in [4.69, 9.17) is 9.47 Å². The van der Waals surface area contributed by atoms with Crippen molar-refractivity contribution in [2.45, 2.75) is 18.9 Å². The molecule has 1 aliphatic rings. The molecule has 0 saturated heterocycles. The Morgan fingerprint density at radius 1 is 1.44 bits per heavy atom. The molecule has 16 heavy (non-hydrogen) atoms. The smallest absolute Gasteiger partial charge is 0.136 e. The van der Waals surface area contributed by atoms with E-state index >= 15 is 0 Å². The van der Waals surface area contributed by atoms with Gasteiger partial charge in [0.15, 0.2) is 0 Å². The standard InChI is InChI=1S/C13H16O3/c1-15-11-6-4-5-10(9-11)13(14)12-7-2-3-8-16-12/h4-7,9,13-14H,2-3,8H2,1H3. The van der Waals surface area contributed by atoms with Crippen molar-refractivity contribution < 1.29 is 14.6 Å². The zero-order valence-electron chi connectivity index (χ0n) is 9.35. The van der Waals surface area contributed by atoms with Gasteiger partial charge >= 0.3 is 0 Å². The van der Waals surface area contributed by atoms with Crippen LogP contribution in [0.1, 0.15) is 24.5 Å². The molecule has 1 atom stereocenters. The van der Waals surface area contributed by atoms with Crippen LogP contribution in [0.2, 0.25) is 0 Å². The summed E-state index contributed by atoms with van der Waals surface area (Å²) in [5.74, 6) is 1.40. The van der Waals surface area contributed by atoms with Crippen molar-refractivity contribution in [3.8, 4) is 5.75 Å². The van der Waals surface area contributed by atoms with E-state index in [2.05, 4.69) is 0 Å². The molecule has 1 unspecified atom stereocenters. The molecule has 1 aliphatic heterocycles. The summed E-state index contributed by atoms with van der Waals surface area (Å²) in [6, 6.07) is 7.41. The number of methoxy groups -OCH3 is 1. The summed E-state index contributed by atoms with van der Waals surface area (Å²) < 4.78 is 10.6. The van der Waals surface area contributed by atoms with E-state index in [-0.39, 0.29) is 0 Å². The largest absolute Gasteiger partial charge is 0.497 e. The predicted molar refractivity (Wildman–Crippen MR) is 61.2 cm³/mol. The summed E-state index contributed by atoms with van der Waals surface area (Å²) in [6.07, 6.45) is 3.26. The molecule has 0 amide bonds. The summed E-state index contributed by atoms with van der Waals surface area (Å²) in [7, 11) is 1.61. The van der Waals surface area contributed by atoms with Crippen molar-refractivity contribution in [3.63, 3.8) is 0 Å². The number of aliphatic hydroxyl groups excluding tert-OH is 1. The zero-order chi connectivity index (χ0) is 11.4. The van der Waals surface area contributed by atoms with Crippen LogP contribution < -0.4 is 4.74 Å². The maximum atomic E-state index is 10.1. The fourth-order valence-corrected chi connectivity index (χ4v) is 1.74. The average Bonchev–Trinajstić information content (AvgIpc) is 2.39. The lowest BCUT2D eigenvalue weighted by atomic mass is 10.1. The van der Waals surface area contributed by atoms with Gasteiger partial charge in [-0.25, -0.2) is 0 Å². The second kappa shape index (κ2) is 5.03. The Bertz CT molecular complexity index is 385. The van der Waals surface area contributed by atoms with Crippen LogP contribution in [0.3, 0.4) is 0 Å². The monoisotopic (exact) mass is 220 g/mol. The second-order valence-electron chi connectivity index (χ2n) is 3.78. The van der Waals surface area contributed by atoms with Gasteiger partial charge in [-0.15, -0.1) is 0 Å². The number of benzene rings is 1. The minimum Gasteiger partial charge on any atom is -0.497 e. The lowest BCUT2D eigenvalue weighted by Crippen LogP contribution is -2.09. The van der Waals surface area contributed by atoms with Gasteiger partial charge in [-0.3, -0.25) is 0 Å². The molecule has 1 aromatic carbocycles. The molecule has 1 N–H and O–H groups in total. The fraction of sp³-hybridized carbons (Fsp3) is 0.385. The van der Waals surface area contributed by atoms with Gasteiger partial charge in [-0.1, -0.05) is 12.1 Å². The van der Waals surface area contributed by atoms with E-state index in [0.29, 0.717) is 12.4 Å². The van der Waals surface area contributed by atoms with E-state index in [1.54, 1.807) is 7.11 Å². The quantitative estimate of drug-likeness (QED) is 0.850. The fourth-order valence-electron chi connectivity index (χ4n) is 1.74. The average molecular weight is 220 g/mol. The van der Waals surface area contributed by atoms with Crippen LogP contribution in [0.5, 0.6) is 5.75 Å². The number of hydrogen-bond acceptors (Lipinski definition) is 3. The summed E-state index contributed by atoms with van der Waals surface area (Å²) >= 11 is 0. The highest BCUT2D eigenvalue weighted by Gasteiger charge is 2.17. The van der Waals surface area contributed by atoms with Crippen LogP contribution in [-0.4, -0.2) is 18.8 Å². The van der Waals surface area contributed by atoms with Gasteiger partial charge in [0, 0.05) is 0 Å². The normalized spacial score (nSPS) is 17.2. The molecule has 3 heteroatoms. The molecule has 0 aromatic heterocycles. The van der Waals surface area contributed by atoms with Crippen molar-refractivity contribution in [2.75, 3.05) is 13.7 Å². The first kappa shape index (κ1) is 11.0. The van der Waals surface area contributed by atoms with Crippen molar-refractivity contribution in [1.82, 2.24) is 0 Å². The van der Waals surface area contributed by atoms with Gasteiger partial charge < -0.3 is 14.6 Å². The third kappa shape index (κ3) is 2.36. The summed E-state index contributed by atoms with van der Waals surface area (Å²) in [6.45, 7) is 0.687. The molecule has 0 aliphatic carbocycles. The number of rotatable bonds is 3. The van der Waals surface area contributed by atoms with E-state index in [1.165, 1.54) is 0 Å². The predicted octanol–water partition coefficient (Wildman–Crippen LogP) is 2.42. The molecule has 3 nitrogen and oxygen atoms in total. The molecule has 86 valence electrons. The topological polar surface area (TPSA) is 38.7 Å². The van der Waals surface area contributed by atoms with Gasteiger partial charge in [0.2, 0.25) is 0 Å². The Hall–Kier alpha value is -1.48. The van der Waals surface area contributed by atoms with Crippen LogP contribution in [0.4, 0.5) is 0 Å². The first-order valence-corrected chi connectivity index (χ1v) is 5.46. The highest BCUT2D eigenvalue weighted by atomic mass is 16.5. The van der Waals surface area contributed by atoms with Gasteiger partial charge in [-0.2, -0.15) is 0 Å². The molecular formula is C13H16O3. The number of hydrogen-bond donors (Lipinski definition) is 1. The minimum atomic E-state index is -0.685. The number of ether oxygens (including phenoxy) is 2. The van der Waals surface area contributed by atoms with Crippen molar-refractivity contribution in [2.24, 2.45) is 0 Å². The van der Waals surface area contributed by atoms with Crippen LogP contribution in [0, 0.1) is 0 Å². The van der Waals surface area contributed by atoms with E-state index < -0.39 is 6.10 Å². The van der Waals surface area contributed by atoms with Crippen LogP contribution in [-0.2, 0) is 4.74 Å². The lowest BCUT2D eigenvalue weighted by molar-refractivity contribution is 0.0917. The summed E-state index contributed by atoms with van der Waals surface area (Å²) in [5.41, 5.74) is 0.799. The first-order chi connectivity index (χ1) is 7.81. The molecule has 0 fully saturated rings. The van der Waals surface area contributed by atoms with Crippen molar-refractivity contribution in [1.29, 1.82) is 0 Å². The molecule has 0 radical (unpaired) electrons. The molecule has 0 bridgehead atoms. The Morgan fingerprint density at radius 3 is 3.00 bits per heavy atom. The highest BCUT2D eigenvalue weighted by Crippen LogP contribution is 2.27. The van der Waals surface area contributed by atoms with Gasteiger partial charge in [-0.05, 0) is 36.6 Å². The third-order valence-corrected chi connectivity index (χ3v) is 2.64. The van der Waals surface area contributed by atoms with Crippen LogP contribution >= 0.6 is 0 Å². The first-order valence-electron chi connectivity index (χ1n) is 5.46. The zero-order valence-corrected chi connectivity index (χ0v) is 9.35. The summed E-state index contributed by atoms with van der Waals surface area (Å²) in [4.78, 5) is 0. The maximum absolute atomic E-state index is 10.1. The van der Waals surface area contributed by atoms with Gasteiger partial charge in [0.1, 0.15) is 17.6 Å². The third-order valence-electron chi connectivity index (χ3n) is 2.64. The minimum absolute atomic E-state index is 0.652. The Labute approximate surface area is 95.3 Å². The van der Waals surface area contributed by atoms with Gasteiger partial charge in [0.05, 0.1) is 13.7 Å². The second-order valence-corrected chi connectivity index (χ2v) is 3.78. The molecule has 1 heterocycles. The number of allylic oxidation sites excluding steroid dienone is 1. The molecule has 2 rings (SSSR count). The molecule has 1 aromatic rings. The van der Waals surface area contributed by atoms with Gasteiger partial charge in [0.25, 0.3) is 0 Å². The molecular weight excluding hydrogens is 204 g/mol. The Kier molecular flexibility index (Phi) is 3.47. The number of aliphatic hydroxyl groups is 1. The highest BCUT2D eigenvalue weighted by molar-refractivity contribution is 5.32. The van der Waals surface area contributed by atoms with E-state index in [1.807, 2.05) is 30.3 Å². The lowest BCUT2D eigenvalue weighted by Gasteiger charge is -2.20.